The molecule has 0 aliphatic heterocycles. The van der Waals surface area contributed by atoms with Crippen molar-refractivity contribution < 1.29 is 14.7 Å². The molecule has 1 rings (SSSR count). The number of carbonyl (C=O) groups excluding carboxylic acids is 1. The molecule has 3 N–H and O–H groups in total. The highest BCUT2D eigenvalue weighted by Gasteiger charge is 2.18. The fraction of sp³-hybridized carbons (Fsp3) is 0.875. The number of hydrogen-bond donors (Lipinski definition) is 3. The highest BCUT2D eigenvalue weighted by Crippen LogP contribution is 2.29. The van der Waals surface area contributed by atoms with Gasteiger partial charge in [0, 0.05) is 12.6 Å². The first-order chi connectivity index (χ1) is 10.0. The third-order valence-corrected chi connectivity index (χ3v) is 4.37. The summed E-state index contributed by atoms with van der Waals surface area (Å²) in [5.41, 5.74) is 0. The van der Waals surface area contributed by atoms with Crippen LogP contribution in [0, 0.1) is 11.8 Å². The fourth-order valence-electron chi connectivity index (χ4n) is 3.03. The average Bonchev–Trinajstić information content (AvgIpc) is 2.40. The molecule has 0 aromatic rings. The van der Waals surface area contributed by atoms with Crippen molar-refractivity contribution in [2.45, 2.75) is 71.3 Å². The van der Waals surface area contributed by atoms with Crippen LogP contribution in [0.5, 0.6) is 0 Å². The topological polar surface area (TPSA) is 78.4 Å². The van der Waals surface area contributed by atoms with E-state index in [9.17, 15) is 9.59 Å². The van der Waals surface area contributed by atoms with Crippen LogP contribution in [0.4, 0.5) is 4.79 Å². The molecular weight excluding hydrogens is 268 g/mol. The number of carboxylic acids is 1. The minimum absolute atomic E-state index is 0.0121. The van der Waals surface area contributed by atoms with Gasteiger partial charge in [0.25, 0.3) is 0 Å². The monoisotopic (exact) mass is 298 g/mol. The van der Waals surface area contributed by atoms with Crippen LogP contribution in [-0.4, -0.2) is 29.7 Å². The Morgan fingerprint density at radius 1 is 1.24 bits per heavy atom. The Bertz CT molecular complexity index is 325. The smallest absolute Gasteiger partial charge is 0.315 e. The zero-order valence-corrected chi connectivity index (χ0v) is 13.4. The van der Waals surface area contributed by atoms with Gasteiger partial charge in [0.2, 0.25) is 0 Å². The van der Waals surface area contributed by atoms with E-state index in [1.54, 1.807) is 0 Å². The Morgan fingerprint density at radius 3 is 2.48 bits per heavy atom. The molecule has 0 aromatic heterocycles. The second-order valence-corrected chi connectivity index (χ2v) is 6.40. The second-order valence-electron chi connectivity index (χ2n) is 6.40. The van der Waals surface area contributed by atoms with Crippen molar-refractivity contribution in [2.24, 2.45) is 11.8 Å². The molecule has 0 radical (unpaired) electrons. The van der Waals surface area contributed by atoms with Gasteiger partial charge in [-0.1, -0.05) is 46.0 Å². The van der Waals surface area contributed by atoms with Crippen molar-refractivity contribution in [1.82, 2.24) is 10.6 Å². The van der Waals surface area contributed by atoms with E-state index in [0.717, 1.165) is 24.7 Å². The molecule has 1 saturated carbocycles. The van der Waals surface area contributed by atoms with Crippen molar-refractivity contribution in [3.05, 3.63) is 0 Å². The van der Waals surface area contributed by atoms with Crippen molar-refractivity contribution in [1.29, 1.82) is 0 Å². The summed E-state index contributed by atoms with van der Waals surface area (Å²) in [7, 11) is 0. The van der Waals surface area contributed by atoms with E-state index in [1.807, 2.05) is 6.92 Å². The molecule has 122 valence electrons. The van der Waals surface area contributed by atoms with Crippen molar-refractivity contribution in [3.63, 3.8) is 0 Å². The molecule has 1 fully saturated rings. The van der Waals surface area contributed by atoms with Gasteiger partial charge in [0.05, 0.1) is 6.42 Å². The SMILES string of the molecule is CCCC(CC(=O)O)NC(=O)NCCC1CCC(C)CC1. The summed E-state index contributed by atoms with van der Waals surface area (Å²) in [5.74, 6) is 0.709. The normalized spacial score (nSPS) is 23.3. The minimum Gasteiger partial charge on any atom is -0.481 e. The van der Waals surface area contributed by atoms with Gasteiger partial charge >= 0.3 is 12.0 Å². The van der Waals surface area contributed by atoms with E-state index in [0.29, 0.717) is 13.0 Å². The van der Waals surface area contributed by atoms with Gasteiger partial charge in [0.1, 0.15) is 0 Å². The molecule has 1 unspecified atom stereocenters. The predicted molar refractivity (Wildman–Crippen MR) is 83.2 cm³/mol. The lowest BCUT2D eigenvalue weighted by Crippen LogP contribution is -2.43. The number of urea groups is 1. The van der Waals surface area contributed by atoms with E-state index >= 15 is 0 Å². The number of carboxylic acid groups (broad SMARTS) is 1. The van der Waals surface area contributed by atoms with E-state index < -0.39 is 5.97 Å². The third kappa shape index (κ3) is 7.93. The maximum absolute atomic E-state index is 11.8. The van der Waals surface area contributed by atoms with E-state index in [4.69, 9.17) is 5.11 Å². The van der Waals surface area contributed by atoms with Crippen LogP contribution in [-0.2, 0) is 4.79 Å². The zero-order chi connectivity index (χ0) is 15.7. The summed E-state index contributed by atoms with van der Waals surface area (Å²) < 4.78 is 0. The third-order valence-electron chi connectivity index (χ3n) is 4.37. The Morgan fingerprint density at radius 2 is 1.90 bits per heavy atom. The van der Waals surface area contributed by atoms with Gasteiger partial charge in [-0.3, -0.25) is 4.79 Å². The van der Waals surface area contributed by atoms with Gasteiger partial charge < -0.3 is 15.7 Å². The lowest BCUT2D eigenvalue weighted by molar-refractivity contribution is -0.137. The first kappa shape index (κ1) is 17.8. The highest BCUT2D eigenvalue weighted by molar-refractivity contribution is 5.75. The quantitative estimate of drug-likeness (QED) is 0.644. The van der Waals surface area contributed by atoms with Gasteiger partial charge in [-0.05, 0) is 24.7 Å². The number of amides is 2. The maximum atomic E-state index is 11.8. The molecule has 0 saturated heterocycles. The lowest BCUT2D eigenvalue weighted by atomic mass is 9.81. The Kier molecular flexibility index (Phi) is 8.16. The van der Waals surface area contributed by atoms with Gasteiger partial charge in [0.15, 0.2) is 0 Å². The van der Waals surface area contributed by atoms with Crippen LogP contribution in [0.3, 0.4) is 0 Å². The predicted octanol–water partition coefficient (Wildman–Crippen LogP) is 3.15. The molecule has 0 aromatic carbocycles. The molecule has 1 aliphatic rings. The minimum atomic E-state index is -0.870. The standard InChI is InChI=1S/C16H30N2O3/c1-3-4-14(11-15(19)20)18-16(21)17-10-9-13-7-5-12(2)6-8-13/h12-14H,3-11H2,1-2H3,(H,19,20)(H2,17,18,21). The van der Waals surface area contributed by atoms with Crippen LogP contribution < -0.4 is 10.6 Å². The largest absolute Gasteiger partial charge is 0.481 e. The van der Waals surface area contributed by atoms with Crippen LogP contribution in [0.25, 0.3) is 0 Å². The number of aliphatic carboxylic acids is 1. The van der Waals surface area contributed by atoms with Crippen LogP contribution in [0.15, 0.2) is 0 Å². The molecule has 1 atom stereocenters. The van der Waals surface area contributed by atoms with Crippen molar-refractivity contribution in [3.8, 4) is 0 Å². The number of rotatable bonds is 8. The Hall–Kier alpha value is -1.26. The summed E-state index contributed by atoms with van der Waals surface area (Å²) in [6, 6.07) is -0.512. The van der Waals surface area contributed by atoms with Gasteiger partial charge in [-0.25, -0.2) is 4.79 Å². The molecule has 21 heavy (non-hydrogen) atoms. The Balaban J connectivity index is 2.18. The molecule has 0 bridgehead atoms. The van der Waals surface area contributed by atoms with Crippen molar-refractivity contribution in [2.75, 3.05) is 6.54 Å². The summed E-state index contributed by atoms with van der Waals surface area (Å²) in [6.07, 6.45) is 7.70. The van der Waals surface area contributed by atoms with Gasteiger partial charge in [-0.15, -0.1) is 0 Å². The second kappa shape index (κ2) is 9.64. The number of hydrogen-bond acceptors (Lipinski definition) is 2. The molecule has 0 heterocycles. The lowest BCUT2D eigenvalue weighted by Gasteiger charge is -2.26. The van der Waals surface area contributed by atoms with E-state index in [2.05, 4.69) is 17.6 Å². The summed E-state index contributed by atoms with van der Waals surface area (Å²) in [4.78, 5) is 22.5. The first-order valence-electron chi connectivity index (χ1n) is 8.27. The summed E-state index contributed by atoms with van der Waals surface area (Å²) >= 11 is 0. The van der Waals surface area contributed by atoms with Crippen LogP contribution in [0.1, 0.15) is 65.2 Å². The molecule has 5 nitrogen and oxygen atoms in total. The average molecular weight is 298 g/mol. The molecule has 5 heteroatoms. The van der Waals surface area contributed by atoms with Crippen molar-refractivity contribution >= 4 is 12.0 Å². The number of carbonyl (C=O) groups is 2. The summed E-state index contributed by atoms with van der Waals surface area (Å²) in [6.45, 7) is 4.97. The van der Waals surface area contributed by atoms with E-state index in [-0.39, 0.29) is 18.5 Å². The van der Waals surface area contributed by atoms with Crippen LogP contribution >= 0.6 is 0 Å². The molecule has 1 aliphatic carbocycles. The molecule has 0 spiro atoms. The summed E-state index contributed by atoms with van der Waals surface area (Å²) in [5, 5.41) is 14.4. The molecular formula is C16H30N2O3. The van der Waals surface area contributed by atoms with Crippen LogP contribution in [0.2, 0.25) is 0 Å². The number of nitrogens with one attached hydrogen (secondary N) is 2. The maximum Gasteiger partial charge on any atom is 0.315 e. The van der Waals surface area contributed by atoms with E-state index in [1.165, 1.54) is 25.7 Å². The van der Waals surface area contributed by atoms with Gasteiger partial charge in [-0.2, -0.15) is 0 Å². The highest BCUT2D eigenvalue weighted by atomic mass is 16.4. The first-order valence-corrected chi connectivity index (χ1v) is 8.27. The Labute approximate surface area is 127 Å². The molecule has 2 amide bonds. The zero-order valence-electron chi connectivity index (χ0n) is 13.4. The fourth-order valence-corrected chi connectivity index (χ4v) is 3.03.